The van der Waals surface area contributed by atoms with Crippen LogP contribution >= 0.6 is 0 Å². The second kappa shape index (κ2) is 13.5. The number of aliphatic hydroxyl groups is 2. The van der Waals surface area contributed by atoms with Crippen molar-refractivity contribution in [2.45, 2.75) is 77.6 Å². The van der Waals surface area contributed by atoms with Gasteiger partial charge in [0, 0.05) is 24.5 Å². The number of aliphatic hydroxyl groups excluding tert-OH is 1. The third-order valence-corrected chi connectivity index (χ3v) is 6.81. The molecule has 0 saturated carbocycles. The van der Waals surface area contributed by atoms with Gasteiger partial charge in [-0.15, -0.1) is 0 Å². The summed E-state index contributed by atoms with van der Waals surface area (Å²) in [7, 11) is 0. The van der Waals surface area contributed by atoms with Crippen molar-refractivity contribution in [2.24, 2.45) is 5.92 Å². The number of Topliss-reactive ketones (excluding diaryl/α,β-unsaturated/α-hetero) is 2. The van der Waals surface area contributed by atoms with E-state index in [1.165, 1.54) is 36.5 Å². The van der Waals surface area contributed by atoms with E-state index in [9.17, 15) is 29.4 Å². The fourth-order valence-electron chi connectivity index (χ4n) is 4.61. The second-order valence-corrected chi connectivity index (χ2v) is 10.4. The first-order valence-electron chi connectivity index (χ1n) is 13.6. The van der Waals surface area contributed by atoms with E-state index < -0.39 is 35.4 Å². The molecule has 0 aromatic heterocycles. The monoisotopic (exact) mass is 550 g/mol. The van der Waals surface area contributed by atoms with Crippen LogP contribution in [0.1, 0.15) is 59.8 Å². The Hall–Kier alpha value is -3.82. The number of fused-ring (bicyclic) bond motifs is 1. The van der Waals surface area contributed by atoms with Crippen molar-refractivity contribution in [3.63, 3.8) is 0 Å². The van der Waals surface area contributed by atoms with Gasteiger partial charge in [-0.05, 0) is 38.3 Å². The Morgan fingerprint density at radius 3 is 2.55 bits per heavy atom. The zero-order valence-electron chi connectivity index (χ0n) is 23.4. The molecule has 3 unspecified atom stereocenters. The summed E-state index contributed by atoms with van der Waals surface area (Å²) >= 11 is 0. The van der Waals surface area contributed by atoms with E-state index in [1.807, 2.05) is 6.92 Å². The van der Waals surface area contributed by atoms with Gasteiger partial charge in [0.1, 0.15) is 23.2 Å². The SMILES string of the molecule is CCCCC(C)C=C(C)C=C(C)C(=O)NC1=C[C@@](O)(C=CC=CC=CC(=O)NC2=C(O)CCC2=O)C2OC2C1=O. The molecule has 3 rings (SSSR count). The highest BCUT2D eigenvalue weighted by atomic mass is 16.6. The Kier molecular flexibility index (Phi) is 10.4. The maximum absolute atomic E-state index is 12.8. The normalized spacial score (nSPS) is 26.1. The van der Waals surface area contributed by atoms with Crippen molar-refractivity contribution in [3.8, 4) is 0 Å². The van der Waals surface area contributed by atoms with Crippen LogP contribution < -0.4 is 10.6 Å². The van der Waals surface area contributed by atoms with Gasteiger partial charge in [0.05, 0.1) is 5.70 Å². The van der Waals surface area contributed by atoms with E-state index in [0.29, 0.717) is 11.5 Å². The van der Waals surface area contributed by atoms with Crippen LogP contribution in [0.3, 0.4) is 0 Å². The summed E-state index contributed by atoms with van der Waals surface area (Å²) in [5, 5.41) is 25.7. The van der Waals surface area contributed by atoms with Crippen LogP contribution in [-0.4, -0.2) is 51.4 Å². The smallest absolute Gasteiger partial charge is 0.251 e. The number of carbonyl (C=O) groups is 4. The first-order valence-corrected chi connectivity index (χ1v) is 13.6. The second-order valence-electron chi connectivity index (χ2n) is 10.4. The Balaban J connectivity index is 1.60. The Bertz CT molecular complexity index is 1260. The van der Waals surface area contributed by atoms with Gasteiger partial charge in [-0.2, -0.15) is 0 Å². The number of hydrogen-bond acceptors (Lipinski definition) is 7. The number of nitrogens with one attached hydrogen (secondary N) is 2. The summed E-state index contributed by atoms with van der Waals surface area (Å²) in [6.07, 6.45) is 16.0. The third kappa shape index (κ3) is 8.09. The predicted molar refractivity (Wildman–Crippen MR) is 151 cm³/mol. The van der Waals surface area contributed by atoms with Crippen LogP contribution in [0, 0.1) is 5.92 Å². The minimum absolute atomic E-state index is 0.0267. The number of carbonyl (C=O) groups excluding carboxylic acids is 4. The van der Waals surface area contributed by atoms with Gasteiger partial charge < -0.3 is 25.6 Å². The number of rotatable bonds is 12. The van der Waals surface area contributed by atoms with Crippen LogP contribution in [-0.2, 0) is 23.9 Å². The predicted octanol–water partition coefficient (Wildman–Crippen LogP) is 3.70. The standard InChI is InChI=1S/C31H38N2O7/c1-5-6-11-19(2)16-20(3)17-21(4)30(38)32-22-18-31(39,29-28(40-29)27(22)37)15-10-8-7-9-12-25(36)33-26-23(34)13-14-24(26)35/h7-10,12,15-19,28-29,34,39H,5-6,11,13-14H2,1-4H3,(H,32,38)(H,33,36)/t19?,28?,29?,31-/m0/s1. The van der Waals surface area contributed by atoms with Crippen LogP contribution in [0.15, 0.2) is 83.0 Å². The van der Waals surface area contributed by atoms with Crippen molar-refractivity contribution in [2.75, 3.05) is 0 Å². The molecular formula is C31H38N2O7. The Morgan fingerprint density at radius 2 is 1.88 bits per heavy atom. The maximum Gasteiger partial charge on any atom is 0.251 e. The van der Waals surface area contributed by atoms with E-state index in [2.05, 4.69) is 30.6 Å². The lowest BCUT2D eigenvalue weighted by Gasteiger charge is -2.23. The first-order chi connectivity index (χ1) is 18.9. The molecule has 9 heteroatoms. The summed E-state index contributed by atoms with van der Waals surface area (Å²) in [5.74, 6) is -1.43. The summed E-state index contributed by atoms with van der Waals surface area (Å²) in [5.41, 5.74) is -0.310. The van der Waals surface area contributed by atoms with E-state index in [0.717, 1.165) is 24.8 Å². The summed E-state index contributed by atoms with van der Waals surface area (Å²) in [4.78, 5) is 49.0. The maximum atomic E-state index is 12.8. The minimum Gasteiger partial charge on any atom is -0.510 e. The lowest BCUT2D eigenvalue weighted by Crippen LogP contribution is -2.42. The quantitative estimate of drug-likeness (QED) is 0.165. The molecule has 1 fully saturated rings. The highest BCUT2D eigenvalue weighted by Crippen LogP contribution is 2.40. The molecular weight excluding hydrogens is 512 g/mol. The highest BCUT2D eigenvalue weighted by Gasteiger charge is 2.59. The fourth-order valence-corrected chi connectivity index (χ4v) is 4.61. The van der Waals surface area contributed by atoms with E-state index in [-0.39, 0.29) is 35.8 Å². The molecule has 2 amide bonds. The molecule has 1 heterocycles. The number of ether oxygens (including phenoxy) is 1. The zero-order chi connectivity index (χ0) is 29.4. The molecule has 0 bridgehead atoms. The Labute approximate surface area is 234 Å². The fraction of sp³-hybridized carbons (Fsp3) is 0.419. The number of ketones is 2. The Morgan fingerprint density at radius 1 is 1.15 bits per heavy atom. The molecule has 4 atom stereocenters. The van der Waals surface area contributed by atoms with Gasteiger partial charge in [-0.3, -0.25) is 19.2 Å². The summed E-state index contributed by atoms with van der Waals surface area (Å²) < 4.78 is 5.39. The number of unbranched alkanes of at least 4 members (excludes halogenated alkanes) is 1. The van der Waals surface area contributed by atoms with Crippen LogP contribution in [0.2, 0.25) is 0 Å². The van der Waals surface area contributed by atoms with Crippen LogP contribution in [0.5, 0.6) is 0 Å². The van der Waals surface area contributed by atoms with Crippen molar-refractivity contribution in [1.82, 2.24) is 10.6 Å². The molecule has 3 aliphatic rings. The number of epoxide rings is 1. The molecule has 0 aromatic rings. The molecule has 1 saturated heterocycles. The van der Waals surface area contributed by atoms with Gasteiger partial charge in [-0.1, -0.05) is 68.7 Å². The van der Waals surface area contributed by atoms with Crippen molar-refractivity contribution >= 4 is 23.4 Å². The van der Waals surface area contributed by atoms with Gasteiger partial charge >= 0.3 is 0 Å². The molecule has 9 nitrogen and oxygen atoms in total. The molecule has 2 aliphatic carbocycles. The largest absolute Gasteiger partial charge is 0.510 e. The molecule has 0 radical (unpaired) electrons. The molecule has 1 aliphatic heterocycles. The zero-order valence-corrected chi connectivity index (χ0v) is 23.4. The average molecular weight is 551 g/mol. The van der Waals surface area contributed by atoms with Crippen molar-refractivity contribution < 1.29 is 34.1 Å². The topological polar surface area (TPSA) is 145 Å². The van der Waals surface area contributed by atoms with E-state index in [4.69, 9.17) is 4.74 Å². The average Bonchev–Trinajstić information content (AvgIpc) is 3.66. The summed E-state index contributed by atoms with van der Waals surface area (Å²) in [6, 6.07) is 0. The van der Waals surface area contributed by atoms with Gasteiger partial charge in [0.15, 0.2) is 11.9 Å². The highest BCUT2D eigenvalue weighted by molar-refractivity contribution is 6.07. The van der Waals surface area contributed by atoms with E-state index in [1.54, 1.807) is 19.1 Å². The molecule has 0 aromatic carbocycles. The third-order valence-electron chi connectivity index (χ3n) is 6.81. The van der Waals surface area contributed by atoms with Crippen molar-refractivity contribution in [1.29, 1.82) is 0 Å². The number of amides is 2. The van der Waals surface area contributed by atoms with E-state index >= 15 is 0 Å². The molecule has 214 valence electrons. The van der Waals surface area contributed by atoms with Gasteiger partial charge in [0.2, 0.25) is 11.7 Å². The lowest BCUT2D eigenvalue weighted by atomic mass is 9.88. The van der Waals surface area contributed by atoms with Crippen LogP contribution in [0.25, 0.3) is 0 Å². The minimum atomic E-state index is -1.61. The number of hydrogen-bond donors (Lipinski definition) is 4. The lowest BCUT2D eigenvalue weighted by molar-refractivity contribution is -0.121. The van der Waals surface area contributed by atoms with Crippen LogP contribution in [0.4, 0.5) is 0 Å². The molecule has 4 N–H and O–H groups in total. The molecule has 40 heavy (non-hydrogen) atoms. The molecule has 0 spiro atoms. The number of allylic oxidation sites excluding steroid dienone is 9. The van der Waals surface area contributed by atoms with Gasteiger partial charge in [-0.25, -0.2) is 0 Å². The first kappa shape index (κ1) is 30.7. The summed E-state index contributed by atoms with van der Waals surface area (Å²) in [6.45, 7) is 7.90. The van der Waals surface area contributed by atoms with Gasteiger partial charge in [0.25, 0.3) is 5.91 Å². The van der Waals surface area contributed by atoms with Crippen molar-refractivity contribution in [3.05, 3.63) is 83.0 Å².